The summed E-state index contributed by atoms with van der Waals surface area (Å²) in [5.74, 6) is -0.504. The summed E-state index contributed by atoms with van der Waals surface area (Å²) in [5, 5.41) is 38.1. The molecule has 0 fully saturated rings. The molecular weight excluding hydrogens is 396 g/mol. The van der Waals surface area contributed by atoms with E-state index in [-0.39, 0.29) is 17.2 Å². The van der Waals surface area contributed by atoms with Gasteiger partial charge in [-0.15, -0.1) is 0 Å². The third-order valence-electron chi connectivity index (χ3n) is 3.72. The van der Waals surface area contributed by atoms with Gasteiger partial charge in [-0.1, -0.05) is 12.1 Å². The highest BCUT2D eigenvalue weighted by Crippen LogP contribution is 2.46. The van der Waals surface area contributed by atoms with Crippen LogP contribution in [0, 0.1) is 0 Å². The predicted octanol–water partition coefficient (Wildman–Crippen LogP) is 3.61. The summed E-state index contributed by atoms with van der Waals surface area (Å²) in [5.41, 5.74) is 0. The molecule has 0 amide bonds. The van der Waals surface area contributed by atoms with E-state index >= 15 is 0 Å². The first-order valence-corrected chi connectivity index (χ1v) is 8.53. The Labute approximate surface area is 172 Å². The van der Waals surface area contributed by atoms with Gasteiger partial charge in [-0.3, -0.25) is 9.59 Å². The van der Waals surface area contributed by atoms with E-state index in [4.69, 9.17) is 34.0 Å². The summed E-state index contributed by atoms with van der Waals surface area (Å²) >= 11 is 0. The van der Waals surface area contributed by atoms with Crippen LogP contribution in [-0.4, -0.2) is 53.7 Å². The lowest BCUT2D eigenvalue weighted by Crippen LogP contribution is -1.93. The van der Waals surface area contributed by atoms with Gasteiger partial charge >= 0.3 is 0 Å². The normalized spacial score (nSPS) is 9.63. The molecule has 0 unspecified atom stereocenters. The third kappa shape index (κ3) is 5.81. The van der Waals surface area contributed by atoms with Gasteiger partial charge in [0.2, 0.25) is 5.75 Å². The number of aliphatic carboxylic acids is 2. The van der Waals surface area contributed by atoms with Crippen molar-refractivity contribution in [2.75, 3.05) is 21.3 Å². The number of carboxylic acid groups (broad SMARTS) is 2. The summed E-state index contributed by atoms with van der Waals surface area (Å²) in [4.78, 5) is 18.0. The lowest BCUT2D eigenvalue weighted by molar-refractivity contribution is -0.135. The minimum Gasteiger partial charge on any atom is -0.504 e. The topological polar surface area (TPSA) is 143 Å². The van der Waals surface area contributed by atoms with Crippen LogP contribution in [0.1, 0.15) is 13.8 Å². The summed E-state index contributed by atoms with van der Waals surface area (Å²) in [6, 6.07) is 8.71. The van der Waals surface area contributed by atoms with Crippen LogP contribution in [0.15, 0.2) is 30.3 Å². The van der Waals surface area contributed by atoms with E-state index in [1.807, 2.05) is 12.1 Å². The number of carbonyl (C=O) groups is 2. The smallest absolute Gasteiger partial charge is 0.300 e. The molecule has 9 nitrogen and oxygen atoms in total. The van der Waals surface area contributed by atoms with Gasteiger partial charge in [0, 0.05) is 19.2 Å². The number of fused-ring (bicyclic) bond motifs is 3. The lowest BCUT2D eigenvalue weighted by atomic mass is 9.99. The Morgan fingerprint density at radius 2 is 1.20 bits per heavy atom. The van der Waals surface area contributed by atoms with E-state index in [2.05, 4.69) is 0 Å². The molecule has 3 aromatic carbocycles. The molecule has 9 heteroatoms. The fourth-order valence-electron chi connectivity index (χ4n) is 2.73. The quantitative estimate of drug-likeness (QED) is 0.467. The summed E-state index contributed by atoms with van der Waals surface area (Å²) < 4.78 is 15.9. The zero-order valence-electron chi connectivity index (χ0n) is 17.2. The van der Waals surface area contributed by atoms with Crippen molar-refractivity contribution in [2.45, 2.75) is 13.8 Å². The number of aromatic hydroxyl groups is 2. The van der Waals surface area contributed by atoms with Crippen LogP contribution >= 0.6 is 0 Å². The molecule has 162 valence electrons. The average molecular weight is 420 g/mol. The van der Waals surface area contributed by atoms with E-state index in [9.17, 15) is 10.2 Å². The van der Waals surface area contributed by atoms with Crippen molar-refractivity contribution in [3.8, 4) is 28.7 Å². The number of phenols is 2. The number of hydrogen-bond acceptors (Lipinski definition) is 7. The highest BCUT2D eigenvalue weighted by Gasteiger charge is 2.18. The van der Waals surface area contributed by atoms with Crippen LogP contribution in [0.4, 0.5) is 0 Å². The van der Waals surface area contributed by atoms with Crippen LogP contribution in [0.3, 0.4) is 0 Å². The Morgan fingerprint density at radius 3 is 1.67 bits per heavy atom. The van der Waals surface area contributed by atoms with Crippen LogP contribution in [-0.2, 0) is 9.59 Å². The van der Waals surface area contributed by atoms with Gasteiger partial charge in [0.15, 0.2) is 23.0 Å². The first-order valence-electron chi connectivity index (χ1n) is 8.53. The molecule has 0 saturated carbocycles. The molecule has 0 aromatic heterocycles. The van der Waals surface area contributed by atoms with Gasteiger partial charge in [-0.05, 0) is 34.4 Å². The SMILES string of the molecule is CC(=O)O.CC(=O)O.COc1cc2c(ccc3cc(O)c(OC)c(OC)c32)cc1O. The number of carboxylic acids is 2. The zero-order valence-corrected chi connectivity index (χ0v) is 17.2. The molecule has 0 heterocycles. The van der Waals surface area contributed by atoms with Crippen molar-refractivity contribution in [1.82, 2.24) is 0 Å². The van der Waals surface area contributed by atoms with Gasteiger partial charge in [-0.25, -0.2) is 0 Å². The largest absolute Gasteiger partial charge is 0.504 e. The first kappa shape index (κ1) is 24.2. The number of methoxy groups -OCH3 is 3. The Hall–Kier alpha value is -3.88. The number of rotatable bonds is 3. The van der Waals surface area contributed by atoms with E-state index in [0.29, 0.717) is 11.5 Å². The van der Waals surface area contributed by atoms with Crippen molar-refractivity contribution in [3.63, 3.8) is 0 Å². The second kappa shape index (κ2) is 10.6. The maximum Gasteiger partial charge on any atom is 0.300 e. The molecule has 0 aliphatic heterocycles. The molecule has 0 spiro atoms. The Kier molecular flexibility index (Phi) is 8.54. The van der Waals surface area contributed by atoms with Crippen molar-refractivity contribution in [2.24, 2.45) is 0 Å². The van der Waals surface area contributed by atoms with Crippen LogP contribution < -0.4 is 14.2 Å². The second-order valence-corrected chi connectivity index (χ2v) is 5.91. The van der Waals surface area contributed by atoms with E-state index in [1.54, 1.807) is 18.2 Å². The average Bonchev–Trinajstić information content (AvgIpc) is 2.65. The molecule has 0 radical (unpaired) electrons. The number of ether oxygens (including phenoxy) is 3. The van der Waals surface area contributed by atoms with E-state index < -0.39 is 11.9 Å². The number of hydrogen-bond donors (Lipinski definition) is 4. The molecule has 0 saturated heterocycles. The molecular formula is C21H24O9. The Morgan fingerprint density at radius 1 is 0.733 bits per heavy atom. The predicted molar refractivity (Wildman–Crippen MR) is 111 cm³/mol. The minimum atomic E-state index is -0.833. The highest BCUT2D eigenvalue weighted by atomic mass is 16.5. The van der Waals surface area contributed by atoms with Crippen molar-refractivity contribution in [3.05, 3.63) is 30.3 Å². The summed E-state index contributed by atoms with van der Waals surface area (Å²) in [7, 11) is 4.49. The molecule has 0 atom stereocenters. The van der Waals surface area contributed by atoms with Gasteiger partial charge in [-0.2, -0.15) is 0 Å². The third-order valence-corrected chi connectivity index (χ3v) is 3.72. The fourth-order valence-corrected chi connectivity index (χ4v) is 2.73. The van der Waals surface area contributed by atoms with Gasteiger partial charge in [0.05, 0.1) is 21.3 Å². The first-order chi connectivity index (χ1) is 14.1. The molecule has 3 rings (SSSR count). The highest BCUT2D eigenvalue weighted by molar-refractivity contribution is 6.13. The standard InChI is InChI=1S/C17H16O5.2C2H4O2/c1-20-14-8-11-9(6-12(14)18)4-5-10-7-13(19)16(21-2)17(22-3)15(10)11;2*1-2(3)4/h4-8,18-19H,1-3H3;2*1H3,(H,3,4). The molecule has 0 bridgehead atoms. The molecule has 0 aliphatic rings. The lowest BCUT2D eigenvalue weighted by Gasteiger charge is -2.15. The van der Waals surface area contributed by atoms with Crippen LogP contribution in [0.5, 0.6) is 28.7 Å². The van der Waals surface area contributed by atoms with Crippen molar-refractivity contribution in [1.29, 1.82) is 0 Å². The van der Waals surface area contributed by atoms with Gasteiger partial charge < -0.3 is 34.6 Å². The number of phenolic OH excluding ortho intramolecular Hbond substituents is 2. The minimum absolute atomic E-state index is 0.0111. The van der Waals surface area contributed by atoms with Crippen LogP contribution in [0.2, 0.25) is 0 Å². The molecule has 0 aliphatic carbocycles. The van der Waals surface area contributed by atoms with Crippen molar-refractivity contribution < 1.29 is 44.2 Å². The monoisotopic (exact) mass is 420 g/mol. The van der Waals surface area contributed by atoms with Gasteiger partial charge in [0.25, 0.3) is 11.9 Å². The van der Waals surface area contributed by atoms with E-state index in [1.165, 1.54) is 21.3 Å². The second-order valence-electron chi connectivity index (χ2n) is 5.91. The fraction of sp³-hybridized carbons (Fsp3) is 0.238. The molecule has 30 heavy (non-hydrogen) atoms. The maximum absolute atomic E-state index is 10.1. The number of benzene rings is 3. The van der Waals surface area contributed by atoms with Gasteiger partial charge in [0.1, 0.15) is 0 Å². The summed E-state index contributed by atoms with van der Waals surface area (Å²) in [6.07, 6.45) is 0. The Balaban J connectivity index is 0.000000485. The zero-order chi connectivity index (χ0) is 23.0. The van der Waals surface area contributed by atoms with Crippen molar-refractivity contribution >= 4 is 33.5 Å². The Bertz CT molecular complexity index is 1040. The maximum atomic E-state index is 10.1. The van der Waals surface area contributed by atoms with Crippen LogP contribution in [0.25, 0.3) is 21.5 Å². The summed E-state index contributed by atoms with van der Waals surface area (Å²) in [6.45, 7) is 2.17. The molecule has 3 aromatic rings. The van der Waals surface area contributed by atoms with E-state index in [0.717, 1.165) is 35.4 Å². The molecule has 4 N–H and O–H groups in total.